The van der Waals surface area contributed by atoms with Crippen molar-refractivity contribution in [1.29, 1.82) is 5.26 Å². The summed E-state index contributed by atoms with van der Waals surface area (Å²) in [6.07, 6.45) is 8.91. The summed E-state index contributed by atoms with van der Waals surface area (Å²) in [5, 5.41) is 12.0. The molecule has 0 atom stereocenters. The molecule has 1 aliphatic carbocycles. The standard InChI is InChI=1S/C13H15N3/c14-10-13-9-12(6-8-16-13)15-7-5-11-3-1-2-4-11/h3,6,8-9H,1-2,4-5,7H2,(H,15,16). The zero-order chi connectivity index (χ0) is 11.2. The third-order valence-corrected chi connectivity index (χ3v) is 2.78. The average molecular weight is 213 g/mol. The molecule has 1 aromatic heterocycles. The number of nitriles is 1. The predicted molar refractivity (Wildman–Crippen MR) is 64.0 cm³/mol. The van der Waals surface area contributed by atoms with Crippen molar-refractivity contribution in [2.75, 3.05) is 11.9 Å². The Balaban J connectivity index is 1.82. The second-order valence-corrected chi connectivity index (χ2v) is 3.97. The van der Waals surface area contributed by atoms with Crippen LogP contribution >= 0.6 is 0 Å². The highest BCUT2D eigenvalue weighted by Gasteiger charge is 2.03. The van der Waals surface area contributed by atoms with Gasteiger partial charge in [0, 0.05) is 18.4 Å². The van der Waals surface area contributed by atoms with Crippen LogP contribution in [0.2, 0.25) is 0 Å². The number of hydrogen-bond acceptors (Lipinski definition) is 3. The summed E-state index contributed by atoms with van der Waals surface area (Å²) in [6, 6.07) is 5.71. The Bertz CT molecular complexity index is 429. The average Bonchev–Trinajstić information content (AvgIpc) is 2.82. The van der Waals surface area contributed by atoms with E-state index in [2.05, 4.69) is 16.4 Å². The minimum Gasteiger partial charge on any atom is -0.385 e. The van der Waals surface area contributed by atoms with E-state index in [-0.39, 0.29) is 0 Å². The molecule has 1 heterocycles. The normalized spacial score (nSPS) is 14.3. The van der Waals surface area contributed by atoms with Gasteiger partial charge in [-0.2, -0.15) is 5.26 Å². The molecule has 3 nitrogen and oxygen atoms in total. The first-order valence-corrected chi connectivity index (χ1v) is 5.66. The van der Waals surface area contributed by atoms with Crippen LogP contribution in [0.15, 0.2) is 30.0 Å². The first kappa shape index (κ1) is 10.7. The number of nitrogens with zero attached hydrogens (tertiary/aromatic N) is 2. The molecule has 0 spiro atoms. The Hall–Kier alpha value is -1.82. The second-order valence-electron chi connectivity index (χ2n) is 3.97. The molecule has 0 amide bonds. The SMILES string of the molecule is N#Cc1cc(NCCC2=CCCC2)ccn1. The smallest absolute Gasteiger partial charge is 0.142 e. The van der Waals surface area contributed by atoms with Crippen LogP contribution < -0.4 is 5.32 Å². The Labute approximate surface area is 95.8 Å². The molecule has 0 bridgehead atoms. The van der Waals surface area contributed by atoms with Crippen LogP contribution in [0.5, 0.6) is 0 Å². The number of nitrogens with one attached hydrogen (secondary N) is 1. The highest BCUT2D eigenvalue weighted by Crippen LogP contribution is 2.20. The second kappa shape index (κ2) is 5.32. The molecule has 0 aromatic carbocycles. The molecule has 0 radical (unpaired) electrons. The molecule has 0 saturated carbocycles. The van der Waals surface area contributed by atoms with Gasteiger partial charge in [-0.3, -0.25) is 0 Å². The molecule has 3 heteroatoms. The fourth-order valence-electron chi connectivity index (χ4n) is 1.93. The molecule has 16 heavy (non-hydrogen) atoms. The van der Waals surface area contributed by atoms with Gasteiger partial charge in [0.25, 0.3) is 0 Å². The summed E-state index contributed by atoms with van der Waals surface area (Å²) in [5.74, 6) is 0. The van der Waals surface area contributed by atoms with E-state index in [9.17, 15) is 0 Å². The molecular weight excluding hydrogens is 198 g/mol. The van der Waals surface area contributed by atoms with Crippen LogP contribution in [0.3, 0.4) is 0 Å². The van der Waals surface area contributed by atoms with Crippen LogP contribution in [0.25, 0.3) is 0 Å². The van der Waals surface area contributed by atoms with E-state index in [0.717, 1.165) is 18.7 Å². The highest BCUT2D eigenvalue weighted by atomic mass is 14.9. The van der Waals surface area contributed by atoms with Crippen LogP contribution in [-0.2, 0) is 0 Å². The fraction of sp³-hybridized carbons (Fsp3) is 0.385. The fourth-order valence-corrected chi connectivity index (χ4v) is 1.93. The van der Waals surface area contributed by atoms with Gasteiger partial charge in [-0.15, -0.1) is 0 Å². The lowest BCUT2D eigenvalue weighted by atomic mass is 10.1. The molecule has 1 aromatic rings. The topological polar surface area (TPSA) is 48.7 Å². The quantitative estimate of drug-likeness (QED) is 0.782. The summed E-state index contributed by atoms with van der Waals surface area (Å²) in [5.41, 5.74) is 3.00. The van der Waals surface area contributed by atoms with Crippen LogP contribution in [0, 0.1) is 11.3 Å². The lowest BCUT2D eigenvalue weighted by Gasteiger charge is -2.06. The van der Waals surface area contributed by atoms with Gasteiger partial charge < -0.3 is 5.32 Å². The van der Waals surface area contributed by atoms with Crippen molar-refractivity contribution in [2.24, 2.45) is 0 Å². The summed E-state index contributed by atoms with van der Waals surface area (Å²) in [6.45, 7) is 0.931. The van der Waals surface area contributed by atoms with Gasteiger partial charge in [-0.25, -0.2) is 4.98 Å². The highest BCUT2D eigenvalue weighted by molar-refractivity contribution is 5.45. The molecule has 0 aliphatic heterocycles. The van der Waals surface area contributed by atoms with Crippen molar-refractivity contribution in [3.8, 4) is 6.07 Å². The number of hydrogen-bond donors (Lipinski definition) is 1. The predicted octanol–water partition coefficient (Wildman–Crippen LogP) is 2.87. The van der Waals surface area contributed by atoms with Crippen molar-refractivity contribution in [1.82, 2.24) is 4.98 Å². The van der Waals surface area contributed by atoms with E-state index in [4.69, 9.17) is 5.26 Å². The first-order valence-electron chi connectivity index (χ1n) is 5.66. The van der Waals surface area contributed by atoms with E-state index in [0.29, 0.717) is 5.69 Å². The van der Waals surface area contributed by atoms with E-state index < -0.39 is 0 Å². The number of rotatable bonds is 4. The summed E-state index contributed by atoms with van der Waals surface area (Å²) < 4.78 is 0. The Morgan fingerprint density at radius 2 is 2.44 bits per heavy atom. The van der Waals surface area contributed by atoms with Gasteiger partial charge in [0.15, 0.2) is 0 Å². The number of anilines is 1. The summed E-state index contributed by atoms with van der Waals surface area (Å²) in [4.78, 5) is 3.93. The molecule has 0 saturated heterocycles. The van der Waals surface area contributed by atoms with Crippen molar-refractivity contribution in [3.63, 3.8) is 0 Å². The monoisotopic (exact) mass is 213 g/mol. The maximum atomic E-state index is 8.71. The molecule has 1 N–H and O–H groups in total. The Morgan fingerprint density at radius 1 is 1.50 bits per heavy atom. The molecule has 2 rings (SSSR count). The van der Waals surface area contributed by atoms with Crippen molar-refractivity contribution in [3.05, 3.63) is 35.7 Å². The van der Waals surface area contributed by atoms with E-state index in [1.807, 2.05) is 12.1 Å². The molecule has 0 fully saturated rings. The molecular formula is C13H15N3. The van der Waals surface area contributed by atoms with E-state index in [1.54, 1.807) is 17.8 Å². The minimum atomic E-state index is 0.463. The number of allylic oxidation sites excluding steroid dienone is 1. The van der Waals surface area contributed by atoms with Crippen molar-refractivity contribution in [2.45, 2.75) is 25.7 Å². The van der Waals surface area contributed by atoms with E-state index in [1.165, 1.54) is 19.3 Å². The molecule has 82 valence electrons. The van der Waals surface area contributed by atoms with Gasteiger partial charge in [0.1, 0.15) is 11.8 Å². The number of pyridine rings is 1. The van der Waals surface area contributed by atoms with Gasteiger partial charge in [-0.1, -0.05) is 11.6 Å². The van der Waals surface area contributed by atoms with Crippen molar-refractivity contribution < 1.29 is 0 Å². The van der Waals surface area contributed by atoms with Gasteiger partial charge in [0.05, 0.1) is 0 Å². The number of aromatic nitrogens is 1. The Kier molecular flexibility index (Phi) is 3.55. The summed E-state index contributed by atoms with van der Waals surface area (Å²) >= 11 is 0. The lowest BCUT2D eigenvalue weighted by molar-refractivity contribution is 0.863. The Morgan fingerprint density at radius 3 is 3.19 bits per heavy atom. The third kappa shape index (κ3) is 2.83. The van der Waals surface area contributed by atoms with Crippen LogP contribution in [-0.4, -0.2) is 11.5 Å². The summed E-state index contributed by atoms with van der Waals surface area (Å²) in [7, 11) is 0. The molecule has 0 unspecified atom stereocenters. The maximum absolute atomic E-state index is 8.71. The van der Waals surface area contributed by atoms with Crippen LogP contribution in [0.1, 0.15) is 31.4 Å². The van der Waals surface area contributed by atoms with Gasteiger partial charge >= 0.3 is 0 Å². The first-order chi connectivity index (χ1) is 7.88. The lowest BCUT2D eigenvalue weighted by Crippen LogP contribution is -2.02. The maximum Gasteiger partial charge on any atom is 0.142 e. The third-order valence-electron chi connectivity index (χ3n) is 2.78. The van der Waals surface area contributed by atoms with Crippen LogP contribution in [0.4, 0.5) is 5.69 Å². The zero-order valence-electron chi connectivity index (χ0n) is 9.24. The largest absolute Gasteiger partial charge is 0.385 e. The van der Waals surface area contributed by atoms with E-state index >= 15 is 0 Å². The van der Waals surface area contributed by atoms with Gasteiger partial charge in [0.2, 0.25) is 0 Å². The molecule has 1 aliphatic rings. The minimum absolute atomic E-state index is 0.463. The zero-order valence-corrected chi connectivity index (χ0v) is 9.24. The van der Waals surface area contributed by atoms with Gasteiger partial charge in [-0.05, 0) is 37.8 Å². The van der Waals surface area contributed by atoms with Crippen molar-refractivity contribution >= 4 is 5.69 Å².